The van der Waals surface area contributed by atoms with E-state index in [9.17, 15) is 4.79 Å². The molecule has 3 heterocycles. The third kappa shape index (κ3) is 3.37. The zero-order valence-corrected chi connectivity index (χ0v) is 16.5. The summed E-state index contributed by atoms with van der Waals surface area (Å²) in [4.78, 5) is 24.3. The first kappa shape index (κ1) is 17.9. The number of carbonyl (C=O) groups excluding carboxylic acids is 1. The lowest BCUT2D eigenvalue weighted by molar-refractivity contribution is 0.0693. The molecule has 2 aromatic heterocycles. The summed E-state index contributed by atoms with van der Waals surface area (Å²) < 4.78 is 0. The van der Waals surface area contributed by atoms with E-state index in [2.05, 4.69) is 26.3 Å². The van der Waals surface area contributed by atoms with Crippen LogP contribution in [0.5, 0.6) is 0 Å². The number of anilines is 1. The van der Waals surface area contributed by atoms with Crippen LogP contribution in [0.4, 0.5) is 5.82 Å². The molecule has 2 fully saturated rings. The Morgan fingerprint density at radius 2 is 1.97 bits per heavy atom. The highest BCUT2D eigenvalue weighted by atomic mass is 16.2. The molecule has 2 aliphatic rings. The minimum atomic E-state index is 0.111. The number of aromatic nitrogens is 2. The van der Waals surface area contributed by atoms with Gasteiger partial charge in [0.1, 0.15) is 5.82 Å². The number of rotatable bonds is 4. The number of amides is 1. The molecule has 5 nitrogen and oxygen atoms in total. The van der Waals surface area contributed by atoms with Crippen LogP contribution in [0.25, 0.3) is 11.1 Å². The SMILES string of the molecule is Cc1ccc(NC2CC3CC2N(C(=O)c2ccccc2-c2cccnc2)C3)nc1. The maximum absolute atomic E-state index is 13.5. The standard InChI is InChI=1S/C24H24N4O/c1-16-8-9-23(26-13-16)27-21-11-17-12-22(21)28(15-17)24(29)20-7-3-2-6-19(20)18-5-4-10-25-14-18/h2-10,13-14,17,21-22H,11-12,15H2,1H3,(H,26,27). The monoisotopic (exact) mass is 384 g/mol. The molecule has 146 valence electrons. The molecule has 5 rings (SSSR count). The Kier molecular flexibility index (Phi) is 4.51. The van der Waals surface area contributed by atoms with E-state index in [1.165, 1.54) is 0 Å². The molecule has 1 aliphatic carbocycles. The maximum Gasteiger partial charge on any atom is 0.254 e. The number of aryl methyl sites for hydroxylation is 1. The van der Waals surface area contributed by atoms with Crippen molar-refractivity contribution < 1.29 is 4.79 Å². The van der Waals surface area contributed by atoms with Crippen molar-refractivity contribution in [3.05, 3.63) is 78.2 Å². The minimum Gasteiger partial charge on any atom is -0.365 e. The number of nitrogens with zero attached hydrogens (tertiary/aromatic N) is 3. The molecule has 5 heteroatoms. The molecule has 3 aromatic rings. The van der Waals surface area contributed by atoms with Crippen LogP contribution in [-0.2, 0) is 0 Å². The van der Waals surface area contributed by atoms with Gasteiger partial charge in [0.25, 0.3) is 5.91 Å². The number of carbonyl (C=O) groups is 1. The number of nitrogens with one attached hydrogen (secondary N) is 1. The van der Waals surface area contributed by atoms with Crippen LogP contribution in [0.3, 0.4) is 0 Å². The predicted octanol–water partition coefficient (Wildman–Crippen LogP) is 4.17. The van der Waals surface area contributed by atoms with E-state index in [1.807, 2.05) is 61.8 Å². The topological polar surface area (TPSA) is 58.1 Å². The van der Waals surface area contributed by atoms with E-state index in [-0.39, 0.29) is 18.0 Å². The minimum absolute atomic E-state index is 0.111. The number of hydrogen-bond acceptors (Lipinski definition) is 4. The Labute approximate surface area is 170 Å². The molecular weight excluding hydrogens is 360 g/mol. The predicted molar refractivity (Wildman–Crippen MR) is 114 cm³/mol. The van der Waals surface area contributed by atoms with Gasteiger partial charge in [-0.3, -0.25) is 9.78 Å². The van der Waals surface area contributed by atoms with Crippen LogP contribution in [0.1, 0.15) is 28.8 Å². The average Bonchev–Trinajstić information content (AvgIpc) is 3.36. The van der Waals surface area contributed by atoms with Gasteiger partial charge in [0, 0.05) is 42.3 Å². The molecule has 0 radical (unpaired) electrons. The Hall–Kier alpha value is -3.21. The van der Waals surface area contributed by atoms with Crippen LogP contribution < -0.4 is 5.32 Å². The van der Waals surface area contributed by atoms with Gasteiger partial charge in [-0.1, -0.05) is 30.3 Å². The average molecular weight is 384 g/mol. The van der Waals surface area contributed by atoms with Crippen LogP contribution >= 0.6 is 0 Å². The van der Waals surface area contributed by atoms with E-state index in [4.69, 9.17) is 0 Å². The van der Waals surface area contributed by atoms with Crippen LogP contribution in [0, 0.1) is 12.8 Å². The molecule has 3 atom stereocenters. The summed E-state index contributed by atoms with van der Waals surface area (Å²) in [6.45, 7) is 2.87. The number of hydrogen-bond donors (Lipinski definition) is 1. The summed E-state index contributed by atoms with van der Waals surface area (Å²) in [5.74, 6) is 1.55. The van der Waals surface area contributed by atoms with Gasteiger partial charge in [-0.25, -0.2) is 4.98 Å². The molecule has 1 amide bonds. The fourth-order valence-corrected chi connectivity index (χ4v) is 4.76. The summed E-state index contributed by atoms with van der Waals surface area (Å²) >= 11 is 0. The fraction of sp³-hybridized carbons (Fsp3) is 0.292. The zero-order valence-electron chi connectivity index (χ0n) is 16.5. The van der Waals surface area contributed by atoms with Crippen molar-refractivity contribution in [3.8, 4) is 11.1 Å². The van der Waals surface area contributed by atoms with Crippen molar-refractivity contribution in [2.75, 3.05) is 11.9 Å². The third-order valence-electron chi connectivity index (χ3n) is 6.12. The van der Waals surface area contributed by atoms with Gasteiger partial charge in [-0.2, -0.15) is 0 Å². The number of benzene rings is 1. The van der Waals surface area contributed by atoms with Gasteiger partial charge in [0.05, 0.1) is 6.04 Å². The normalized spacial score (nSPS) is 22.7. The highest BCUT2D eigenvalue weighted by molar-refractivity contribution is 6.01. The van der Waals surface area contributed by atoms with Crippen molar-refractivity contribution >= 4 is 11.7 Å². The largest absolute Gasteiger partial charge is 0.365 e. The molecule has 29 heavy (non-hydrogen) atoms. The van der Waals surface area contributed by atoms with Gasteiger partial charge in [-0.05, 0) is 55.0 Å². The van der Waals surface area contributed by atoms with E-state index in [0.29, 0.717) is 5.92 Å². The summed E-state index contributed by atoms with van der Waals surface area (Å²) in [6, 6.07) is 16.3. The smallest absolute Gasteiger partial charge is 0.254 e. The molecule has 1 aromatic carbocycles. The Balaban J connectivity index is 1.39. The lowest BCUT2D eigenvalue weighted by Crippen LogP contribution is -2.47. The highest BCUT2D eigenvalue weighted by Gasteiger charge is 2.47. The van der Waals surface area contributed by atoms with E-state index in [0.717, 1.165) is 47.5 Å². The maximum atomic E-state index is 13.5. The molecule has 3 unspecified atom stereocenters. The Bertz CT molecular complexity index is 1020. The zero-order chi connectivity index (χ0) is 19.8. The summed E-state index contributed by atoms with van der Waals surface area (Å²) in [5.41, 5.74) is 3.81. The molecule has 1 N–H and O–H groups in total. The fourth-order valence-electron chi connectivity index (χ4n) is 4.76. The molecule has 0 spiro atoms. The number of likely N-dealkylation sites (tertiary alicyclic amines) is 1. The molecule has 1 aliphatic heterocycles. The Morgan fingerprint density at radius 3 is 2.72 bits per heavy atom. The van der Waals surface area contributed by atoms with Crippen LogP contribution in [0.15, 0.2) is 67.1 Å². The number of pyridine rings is 2. The first-order valence-electron chi connectivity index (χ1n) is 10.2. The number of fused-ring (bicyclic) bond motifs is 2. The summed E-state index contributed by atoms with van der Waals surface area (Å²) in [6.07, 6.45) is 7.60. The molecule has 1 saturated heterocycles. The molecular formula is C24H24N4O. The van der Waals surface area contributed by atoms with Gasteiger partial charge < -0.3 is 10.2 Å². The van der Waals surface area contributed by atoms with Crippen molar-refractivity contribution in [1.82, 2.24) is 14.9 Å². The Morgan fingerprint density at radius 1 is 1.07 bits per heavy atom. The molecule has 1 saturated carbocycles. The first-order valence-corrected chi connectivity index (χ1v) is 10.2. The molecule has 2 bridgehead atoms. The van der Waals surface area contributed by atoms with Crippen molar-refractivity contribution in [2.24, 2.45) is 5.92 Å². The second kappa shape index (κ2) is 7.32. The van der Waals surface area contributed by atoms with Crippen molar-refractivity contribution in [1.29, 1.82) is 0 Å². The quantitative estimate of drug-likeness (QED) is 0.734. The van der Waals surface area contributed by atoms with Gasteiger partial charge in [0.2, 0.25) is 0 Å². The highest BCUT2D eigenvalue weighted by Crippen LogP contribution is 2.40. The van der Waals surface area contributed by atoms with Gasteiger partial charge in [-0.15, -0.1) is 0 Å². The lowest BCUT2D eigenvalue weighted by atomic mass is 9.98. The van der Waals surface area contributed by atoms with E-state index >= 15 is 0 Å². The van der Waals surface area contributed by atoms with Crippen LogP contribution in [0.2, 0.25) is 0 Å². The second-order valence-electron chi connectivity index (χ2n) is 8.12. The van der Waals surface area contributed by atoms with Gasteiger partial charge >= 0.3 is 0 Å². The van der Waals surface area contributed by atoms with Crippen molar-refractivity contribution in [2.45, 2.75) is 31.8 Å². The summed E-state index contributed by atoms with van der Waals surface area (Å²) in [7, 11) is 0. The van der Waals surface area contributed by atoms with E-state index < -0.39 is 0 Å². The van der Waals surface area contributed by atoms with E-state index in [1.54, 1.807) is 6.20 Å². The lowest BCUT2D eigenvalue weighted by Gasteiger charge is -2.34. The second-order valence-corrected chi connectivity index (χ2v) is 8.12. The van der Waals surface area contributed by atoms with Crippen LogP contribution in [-0.4, -0.2) is 39.4 Å². The van der Waals surface area contributed by atoms with Crippen molar-refractivity contribution in [3.63, 3.8) is 0 Å². The first-order chi connectivity index (χ1) is 14.2. The van der Waals surface area contributed by atoms with Gasteiger partial charge in [0.15, 0.2) is 0 Å². The number of piperidine rings is 1. The summed E-state index contributed by atoms with van der Waals surface area (Å²) in [5, 5.41) is 3.57. The third-order valence-corrected chi connectivity index (χ3v) is 6.12.